The molecule has 0 amide bonds. The lowest BCUT2D eigenvalue weighted by Crippen LogP contribution is -2.36. The van der Waals surface area contributed by atoms with E-state index < -0.39 is 0 Å². The molecule has 0 bridgehead atoms. The van der Waals surface area contributed by atoms with Gasteiger partial charge in [-0.3, -0.25) is 4.90 Å². The summed E-state index contributed by atoms with van der Waals surface area (Å²) in [6, 6.07) is 9.59. The summed E-state index contributed by atoms with van der Waals surface area (Å²) in [7, 11) is 2.05. The number of nitrogens with zero attached hydrogens (tertiary/aromatic N) is 1. The zero-order chi connectivity index (χ0) is 12.1. The molecule has 0 aliphatic carbocycles. The first-order valence-electron chi connectivity index (χ1n) is 6.80. The van der Waals surface area contributed by atoms with Crippen LogP contribution in [0.3, 0.4) is 0 Å². The van der Waals surface area contributed by atoms with Crippen molar-refractivity contribution in [3.63, 3.8) is 0 Å². The lowest BCUT2D eigenvalue weighted by atomic mass is 10.0. The van der Waals surface area contributed by atoms with E-state index in [1.54, 1.807) is 0 Å². The van der Waals surface area contributed by atoms with Crippen LogP contribution in [0.1, 0.15) is 30.9 Å². The van der Waals surface area contributed by atoms with Crippen molar-refractivity contribution in [3.05, 3.63) is 35.4 Å². The molecule has 2 nitrogen and oxygen atoms in total. The number of likely N-dealkylation sites (tertiary alicyclic amines) is 1. The van der Waals surface area contributed by atoms with Gasteiger partial charge in [0.05, 0.1) is 0 Å². The van der Waals surface area contributed by atoms with Gasteiger partial charge in [-0.2, -0.15) is 0 Å². The first kappa shape index (κ1) is 12.6. The van der Waals surface area contributed by atoms with Crippen LogP contribution in [0, 0.1) is 0 Å². The van der Waals surface area contributed by atoms with Crippen LogP contribution < -0.4 is 5.32 Å². The van der Waals surface area contributed by atoms with Crippen molar-refractivity contribution in [2.24, 2.45) is 0 Å². The normalized spacial score (nSPS) is 20.9. The molecule has 1 N–H and O–H groups in total. The van der Waals surface area contributed by atoms with E-state index in [0.29, 0.717) is 0 Å². The summed E-state index contributed by atoms with van der Waals surface area (Å²) in [6.45, 7) is 5.74. The fraction of sp³-hybridized carbons (Fsp3) is 0.600. The largest absolute Gasteiger partial charge is 0.318 e. The number of hydrogen-bond donors (Lipinski definition) is 1. The smallest absolute Gasteiger partial charge is 0.0239 e. The highest BCUT2D eigenvalue weighted by Crippen LogP contribution is 2.21. The molecule has 0 spiro atoms. The minimum Gasteiger partial charge on any atom is -0.318 e. The average molecular weight is 232 g/mol. The standard InChI is InChI=1S/C15H24N2/c1-3-13-7-4-5-8-14(13)12-17-10-6-9-15(17)11-16-2/h4-5,7-8,15-16H,3,6,9-12H2,1-2H3. The number of nitrogens with one attached hydrogen (secondary N) is 1. The van der Waals surface area contributed by atoms with E-state index in [1.165, 1.54) is 30.5 Å². The molecule has 1 saturated heterocycles. The Kier molecular flexibility index (Phi) is 4.57. The number of benzene rings is 1. The molecule has 1 aliphatic rings. The molecule has 94 valence electrons. The van der Waals surface area contributed by atoms with Gasteiger partial charge < -0.3 is 5.32 Å². The predicted molar refractivity (Wildman–Crippen MR) is 73.2 cm³/mol. The maximum absolute atomic E-state index is 3.31. The molecule has 17 heavy (non-hydrogen) atoms. The predicted octanol–water partition coefficient (Wildman–Crippen LogP) is 2.43. The molecule has 0 aromatic heterocycles. The zero-order valence-electron chi connectivity index (χ0n) is 11.1. The van der Waals surface area contributed by atoms with E-state index in [-0.39, 0.29) is 0 Å². The highest BCUT2D eigenvalue weighted by molar-refractivity contribution is 5.27. The Hall–Kier alpha value is -0.860. The minimum absolute atomic E-state index is 0.727. The first-order valence-corrected chi connectivity index (χ1v) is 6.80. The van der Waals surface area contributed by atoms with Gasteiger partial charge in [0.15, 0.2) is 0 Å². The van der Waals surface area contributed by atoms with Crippen molar-refractivity contribution in [2.75, 3.05) is 20.1 Å². The van der Waals surface area contributed by atoms with Gasteiger partial charge in [0.2, 0.25) is 0 Å². The fourth-order valence-electron chi connectivity index (χ4n) is 2.85. The van der Waals surface area contributed by atoms with Crippen LogP contribution in [0.5, 0.6) is 0 Å². The first-order chi connectivity index (χ1) is 8.35. The summed E-state index contributed by atoms with van der Waals surface area (Å²) >= 11 is 0. The van der Waals surface area contributed by atoms with Gasteiger partial charge in [-0.1, -0.05) is 31.2 Å². The van der Waals surface area contributed by atoms with Gasteiger partial charge in [-0.15, -0.1) is 0 Å². The van der Waals surface area contributed by atoms with Crippen LogP contribution in [-0.2, 0) is 13.0 Å². The van der Waals surface area contributed by atoms with Gasteiger partial charge in [0.1, 0.15) is 0 Å². The quantitative estimate of drug-likeness (QED) is 0.839. The van der Waals surface area contributed by atoms with Crippen LogP contribution in [0.15, 0.2) is 24.3 Å². The van der Waals surface area contributed by atoms with Crippen molar-refractivity contribution in [1.29, 1.82) is 0 Å². The van der Waals surface area contributed by atoms with Crippen LogP contribution in [0.4, 0.5) is 0 Å². The third kappa shape index (κ3) is 3.08. The van der Waals surface area contributed by atoms with Crippen LogP contribution in [0.25, 0.3) is 0 Å². The molecule has 2 heteroatoms. The monoisotopic (exact) mass is 232 g/mol. The van der Waals surface area contributed by atoms with Crippen molar-refractivity contribution in [1.82, 2.24) is 10.2 Å². The van der Waals surface area contributed by atoms with Crippen molar-refractivity contribution < 1.29 is 0 Å². The van der Waals surface area contributed by atoms with Crippen LogP contribution >= 0.6 is 0 Å². The Balaban J connectivity index is 2.04. The minimum atomic E-state index is 0.727. The molecule has 0 radical (unpaired) electrons. The molecule has 1 atom stereocenters. The summed E-state index contributed by atoms with van der Waals surface area (Å²) in [5.41, 5.74) is 3.01. The molecule has 1 aromatic carbocycles. The summed E-state index contributed by atoms with van der Waals surface area (Å²) in [6.07, 6.45) is 3.83. The van der Waals surface area contributed by atoms with E-state index in [9.17, 15) is 0 Å². The molecular formula is C15H24N2. The Morgan fingerprint density at radius 2 is 2.06 bits per heavy atom. The van der Waals surface area contributed by atoms with Crippen LogP contribution in [-0.4, -0.2) is 31.1 Å². The topological polar surface area (TPSA) is 15.3 Å². The summed E-state index contributed by atoms with van der Waals surface area (Å²) in [4.78, 5) is 2.63. The van der Waals surface area contributed by atoms with Gasteiger partial charge in [0.25, 0.3) is 0 Å². The third-order valence-electron chi connectivity index (χ3n) is 3.81. The molecule has 1 unspecified atom stereocenters. The molecule has 0 saturated carbocycles. The van der Waals surface area contributed by atoms with Crippen molar-refractivity contribution in [3.8, 4) is 0 Å². The second kappa shape index (κ2) is 6.18. The van der Waals surface area contributed by atoms with Gasteiger partial charge in [-0.05, 0) is 44.0 Å². The van der Waals surface area contributed by atoms with E-state index in [1.807, 2.05) is 0 Å². The lowest BCUT2D eigenvalue weighted by Gasteiger charge is -2.25. The Morgan fingerprint density at radius 3 is 2.76 bits per heavy atom. The Morgan fingerprint density at radius 1 is 1.29 bits per heavy atom. The van der Waals surface area contributed by atoms with Crippen molar-refractivity contribution >= 4 is 0 Å². The third-order valence-corrected chi connectivity index (χ3v) is 3.81. The zero-order valence-corrected chi connectivity index (χ0v) is 11.1. The van der Waals surface area contributed by atoms with E-state index in [0.717, 1.165) is 25.6 Å². The summed E-state index contributed by atoms with van der Waals surface area (Å²) in [5, 5.41) is 3.31. The van der Waals surface area contributed by atoms with Gasteiger partial charge >= 0.3 is 0 Å². The molecule has 1 fully saturated rings. The number of likely N-dealkylation sites (N-methyl/N-ethyl adjacent to an activating group) is 1. The number of aryl methyl sites for hydroxylation is 1. The second-order valence-corrected chi connectivity index (χ2v) is 4.95. The lowest BCUT2D eigenvalue weighted by molar-refractivity contribution is 0.241. The molecule has 1 heterocycles. The van der Waals surface area contributed by atoms with E-state index >= 15 is 0 Å². The SMILES string of the molecule is CCc1ccccc1CN1CCCC1CNC. The van der Waals surface area contributed by atoms with Crippen molar-refractivity contribution in [2.45, 2.75) is 38.8 Å². The average Bonchev–Trinajstić information content (AvgIpc) is 2.78. The van der Waals surface area contributed by atoms with E-state index in [4.69, 9.17) is 0 Å². The summed E-state index contributed by atoms with van der Waals surface area (Å²) < 4.78 is 0. The van der Waals surface area contributed by atoms with E-state index in [2.05, 4.69) is 48.5 Å². The maximum Gasteiger partial charge on any atom is 0.0239 e. The number of hydrogen-bond acceptors (Lipinski definition) is 2. The maximum atomic E-state index is 3.31. The Labute approximate surface area is 105 Å². The highest BCUT2D eigenvalue weighted by atomic mass is 15.2. The van der Waals surface area contributed by atoms with Gasteiger partial charge in [0, 0.05) is 19.1 Å². The second-order valence-electron chi connectivity index (χ2n) is 4.95. The molecule has 2 rings (SSSR count). The molecule has 1 aromatic rings. The fourth-order valence-corrected chi connectivity index (χ4v) is 2.85. The van der Waals surface area contributed by atoms with Crippen LogP contribution in [0.2, 0.25) is 0 Å². The highest BCUT2D eigenvalue weighted by Gasteiger charge is 2.23. The number of rotatable bonds is 5. The Bertz CT molecular complexity index is 349. The van der Waals surface area contributed by atoms with Gasteiger partial charge in [-0.25, -0.2) is 0 Å². The molecule has 1 aliphatic heterocycles. The summed E-state index contributed by atoms with van der Waals surface area (Å²) in [5.74, 6) is 0. The molecular weight excluding hydrogens is 208 g/mol.